The minimum atomic E-state index is 0. The summed E-state index contributed by atoms with van der Waals surface area (Å²) in [4.78, 5) is 16.0. The van der Waals surface area contributed by atoms with E-state index >= 15 is 0 Å². The number of halogens is 1. The number of aromatic nitrogens is 1. The first kappa shape index (κ1) is 13.4. The Labute approximate surface area is 105 Å². The van der Waals surface area contributed by atoms with Gasteiger partial charge in [-0.1, -0.05) is 0 Å². The van der Waals surface area contributed by atoms with Gasteiger partial charge in [-0.05, 0) is 26.2 Å². The summed E-state index contributed by atoms with van der Waals surface area (Å²) in [5.74, 6) is 0.140. The van der Waals surface area contributed by atoms with E-state index < -0.39 is 0 Å². The van der Waals surface area contributed by atoms with Crippen LogP contribution in [-0.4, -0.2) is 16.9 Å². The van der Waals surface area contributed by atoms with Crippen LogP contribution in [-0.2, 0) is 4.79 Å². The summed E-state index contributed by atoms with van der Waals surface area (Å²) in [6.07, 6.45) is 2.66. The highest BCUT2D eigenvalue weighted by atomic mass is 35.5. The normalized spacial score (nSPS) is 23.9. The lowest BCUT2D eigenvalue weighted by Gasteiger charge is -2.07. The molecule has 90 valence electrons. The van der Waals surface area contributed by atoms with Crippen LogP contribution in [0.25, 0.3) is 0 Å². The van der Waals surface area contributed by atoms with E-state index in [-0.39, 0.29) is 30.3 Å². The number of carbonyl (C=O) groups excluding carboxylic acids is 1. The monoisotopic (exact) mass is 261 g/mol. The minimum Gasteiger partial charge on any atom is -0.328 e. The van der Waals surface area contributed by atoms with E-state index in [1.54, 1.807) is 0 Å². The fourth-order valence-electron chi connectivity index (χ4n) is 1.87. The van der Waals surface area contributed by atoms with Gasteiger partial charge in [0.05, 0.1) is 5.69 Å². The second kappa shape index (κ2) is 5.61. The number of thiazole rings is 1. The summed E-state index contributed by atoms with van der Waals surface area (Å²) in [6, 6.07) is 0.193. The van der Waals surface area contributed by atoms with Gasteiger partial charge in [-0.3, -0.25) is 4.79 Å². The Morgan fingerprint density at radius 1 is 1.62 bits per heavy atom. The molecule has 1 amide bonds. The largest absolute Gasteiger partial charge is 0.328 e. The number of aryl methyl sites for hydroxylation is 1. The number of nitrogens with one attached hydrogen (secondary N) is 1. The lowest BCUT2D eigenvalue weighted by Crippen LogP contribution is -2.23. The van der Waals surface area contributed by atoms with Gasteiger partial charge in [0.25, 0.3) is 0 Å². The molecule has 0 radical (unpaired) electrons. The van der Waals surface area contributed by atoms with Gasteiger partial charge in [0.15, 0.2) is 5.13 Å². The molecule has 4 nitrogen and oxygen atoms in total. The molecule has 3 N–H and O–H groups in total. The van der Waals surface area contributed by atoms with Gasteiger partial charge in [-0.15, -0.1) is 23.7 Å². The Bertz CT molecular complexity index is 369. The van der Waals surface area contributed by atoms with Crippen molar-refractivity contribution in [1.82, 2.24) is 4.98 Å². The van der Waals surface area contributed by atoms with Crippen LogP contribution in [0.1, 0.15) is 25.0 Å². The molecule has 6 heteroatoms. The zero-order valence-corrected chi connectivity index (χ0v) is 10.7. The Balaban J connectivity index is 0.00000128. The first-order chi connectivity index (χ1) is 7.15. The average Bonchev–Trinajstić information content (AvgIpc) is 2.75. The van der Waals surface area contributed by atoms with Crippen LogP contribution in [0.3, 0.4) is 0 Å². The predicted molar refractivity (Wildman–Crippen MR) is 68.0 cm³/mol. The highest BCUT2D eigenvalue weighted by Gasteiger charge is 2.28. The van der Waals surface area contributed by atoms with E-state index in [1.807, 2.05) is 12.3 Å². The van der Waals surface area contributed by atoms with Crippen molar-refractivity contribution in [2.75, 3.05) is 5.32 Å². The maximum Gasteiger partial charge on any atom is 0.229 e. The van der Waals surface area contributed by atoms with E-state index in [2.05, 4.69) is 10.3 Å². The van der Waals surface area contributed by atoms with E-state index in [9.17, 15) is 4.79 Å². The predicted octanol–water partition coefficient (Wildman–Crippen LogP) is 1.94. The SMILES string of the molecule is Cc1csc(NC(=O)C2CCC(N)C2)n1.Cl. The maximum atomic E-state index is 11.8. The van der Waals surface area contributed by atoms with Gasteiger partial charge in [-0.25, -0.2) is 4.98 Å². The third-order valence-electron chi connectivity index (χ3n) is 2.69. The van der Waals surface area contributed by atoms with Crippen LogP contribution in [0, 0.1) is 12.8 Å². The average molecular weight is 262 g/mol. The van der Waals surface area contributed by atoms with Crippen molar-refractivity contribution in [2.24, 2.45) is 11.7 Å². The second-order valence-corrected chi connectivity index (χ2v) is 4.91. The van der Waals surface area contributed by atoms with Gasteiger partial charge < -0.3 is 11.1 Å². The van der Waals surface area contributed by atoms with E-state index in [0.29, 0.717) is 5.13 Å². The summed E-state index contributed by atoms with van der Waals surface area (Å²) >= 11 is 1.46. The van der Waals surface area contributed by atoms with E-state index in [0.717, 1.165) is 25.0 Å². The van der Waals surface area contributed by atoms with Crippen molar-refractivity contribution < 1.29 is 4.79 Å². The Morgan fingerprint density at radius 3 is 2.88 bits per heavy atom. The summed E-state index contributed by atoms with van der Waals surface area (Å²) in [6.45, 7) is 1.91. The molecule has 2 unspecified atom stereocenters. The molecule has 1 saturated carbocycles. The number of carbonyl (C=O) groups is 1. The Hall–Kier alpha value is -0.650. The lowest BCUT2D eigenvalue weighted by atomic mass is 10.1. The van der Waals surface area contributed by atoms with Crippen molar-refractivity contribution in [3.8, 4) is 0 Å². The van der Waals surface area contributed by atoms with Crippen molar-refractivity contribution >= 4 is 34.8 Å². The number of rotatable bonds is 2. The Morgan fingerprint density at radius 2 is 2.38 bits per heavy atom. The topological polar surface area (TPSA) is 68.0 Å². The molecule has 0 aliphatic heterocycles. The molecule has 0 bridgehead atoms. The standard InChI is InChI=1S/C10H15N3OS.ClH/c1-6-5-15-10(12-6)13-9(14)7-2-3-8(11)4-7;/h5,7-8H,2-4,11H2,1H3,(H,12,13,14);1H. The highest BCUT2D eigenvalue weighted by Crippen LogP contribution is 2.26. The zero-order chi connectivity index (χ0) is 10.8. The molecular weight excluding hydrogens is 246 g/mol. The quantitative estimate of drug-likeness (QED) is 0.855. The number of hydrogen-bond donors (Lipinski definition) is 2. The molecule has 1 aliphatic rings. The van der Waals surface area contributed by atoms with E-state index in [1.165, 1.54) is 11.3 Å². The fraction of sp³-hybridized carbons (Fsp3) is 0.600. The summed E-state index contributed by atoms with van der Waals surface area (Å²) < 4.78 is 0. The number of anilines is 1. The molecule has 2 atom stereocenters. The molecule has 1 aromatic rings. The number of nitrogens with zero attached hydrogens (tertiary/aromatic N) is 1. The zero-order valence-electron chi connectivity index (χ0n) is 9.10. The molecule has 1 aliphatic carbocycles. The Kier molecular flexibility index (Phi) is 4.70. The summed E-state index contributed by atoms with van der Waals surface area (Å²) in [5, 5.41) is 5.46. The highest BCUT2D eigenvalue weighted by molar-refractivity contribution is 7.13. The molecule has 0 aromatic carbocycles. The van der Waals surface area contributed by atoms with Crippen LogP contribution in [0.15, 0.2) is 5.38 Å². The molecule has 0 saturated heterocycles. The number of hydrogen-bond acceptors (Lipinski definition) is 4. The van der Waals surface area contributed by atoms with Crippen molar-refractivity contribution in [1.29, 1.82) is 0 Å². The maximum absolute atomic E-state index is 11.8. The van der Waals surface area contributed by atoms with Gasteiger partial charge in [0.2, 0.25) is 5.91 Å². The molecule has 1 aromatic heterocycles. The molecule has 16 heavy (non-hydrogen) atoms. The molecule has 0 spiro atoms. The van der Waals surface area contributed by atoms with Gasteiger partial charge in [-0.2, -0.15) is 0 Å². The molecule has 2 rings (SSSR count). The number of nitrogens with two attached hydrogens (primary N) is 1. The second-order valence-electron chi connectivity index (χ2n) is 4.05. The van der Waals surface area contributed by atoms with Crippen LogP contribution in [0.4, 0.5) is 5.13 Å². The van der Waals surface area contributed by atoms with Crippen LogP contribution in [0.2, 0.25) is 0 Å². The third-order valence-corrected chi connectivity index (χ3v) is 3.57. The first-order valence-electron chi connectivity index (χ1n) is 5.13. The smallest absolute Gasteiger partial charge is 0.229 e. The van der Waals surface area contributed by atoms with Crippen LogP contribution < -0.4 is 11.1 Å². The van der Waals surface area contributed by atoms with Gasteiger partial charge in [0, 0.05) is 17.3 Å². The van der Waals surface area contributed by atoms with Crippen molar-refractivity contribution in [2.45, 2.75) is 32.2 Å². The van der Waals surface area contributed by atoms with Crippen molar-refractivity contribution in [3.05, 3.63) is 11.1 Å². The van der Waals surface area contributed by atoms with Gasteiger partial charge in [0.1, 0.15) is 0 Å². The minimum absolute atomic E-state index is 0. The molecule has 1 heterocycles. The third kappa shape index (κ3) is 3.17. The lowest BCUT2D eigenvalue weighted by molar-refractivity contribution is -0.119. The van der Waals surface area contributed by atoms with E-state index in [4.69, 9.17) is 5.73 Å². The van der Waals surface area contributed by atoms with Gasteiger partial charge >= 0.3 is 0 Å². The number of amides is 1. The van der Waals surface area contributed by atoms with Crippen LogP contribution in [0.5, 0.6) is 0 Å². The first-order valence-corrected chi connectivity index (χ1v) is 6.01. The van der Waals surface area contributed by atoms with Crippen LogP contribution >= 0.6 is 23.7 Å². The fourth-order valence-corrected chi connectivity index (χ4v) is 2.56. The molecule has 1 fully saturated rings. The van der Waals surface area contributed by atoms with Crippen molar-refractivity contribution in [3.63, 3.8) is 0 Å². The summed E-state index contributed by atoms with van der Waals surface area (Å²) in [5.41, 5.74) is 6.71. The molecular formula is C10H16ClN3OS. The summed E-state index contributed by atoms with van der Waals surface area (Å²) in [7, 11) is 0.